The van der Waals surface area contributed by atoms with Gasteiger partial charge in [-0.1, -0.05) is 50.6 Å². The van der Waals surface area contributed by atoms with Gasteiger partial charge in [0.1, 0.15) is 5.82 Å². The Labute approximate surface area is 142 Å². The van der Waals surface area contributed by atoms with Gasteiger partial charge in [-0.25, -0.2) is 18.1 Å². The Balaban J connectivity index is 1.91. The van der Waals surface area contributed by atoms with Gasteiger partial charge in [0.15, 0.2) is 0 Å². The van der Waals surface area contributed by atoms with Crippen molar-refractivity contribution in [1.29, 1.82) is 0 Å². The lowest BCUT2D eigenvalue weighted by molar-refractivity contribution is 0.528. The SMILES string of the molecule is CCC(C)CNS(=O)(=O)c1ccc2nc(-c3ccccc3)[nH]c2c1. The zero-order chi connectivity index (χ0) is 17.2. The van der Waals surface area contributed by atoms with Gasteiger partial charge in [-0.3, -0.25) is 0 Å². The van der Waals surface area contributed by atoms with E-state index in [4.69, 9.17) is 0 Å². The van der Waals surface area contributed by atoms with Crippen molar-refractivity contribution < 1.29 is 8.42 Å². The van der Waals surface area contributed by atoms with Crippen LogP contribution < -0.4 is 4.72 Å². The van der Waals surface area contributed by atoms with Gasteiger partial charge >= 0.3 is 0 Å². The number of fused-ring (bicyclic) bond motifs is 1. The second kappa shape index (κ2) is 6.75. The monoisotopic (exact) mass is 343 g/mol. The summed E-state index contributed by atoms with van der Waals surface area (Å²) in [6.07, 6.45) is 0.933. The molecule has 0 aliphatic heterocycles. The van der Waals surface area contributed by atoms with Crippen LogP contribution in [0.5, 0.6) is 0 Å². The highest BCUT2D eigenvalue weighted by Gasteiger charge is 2.16. The maximum absolute atomic E-state index is 12.4. The normalized spacial score (nSPS) is 13.2. The highest BCUT2D eigenvalue weighted by Crippen LogP contribution is 2.22. The van der Waals surface area contributed by atoms with Gasteiger partial charge in [-0.2, -0.15) is 0 Å². The van der Waals surface area contributed by atoms with Gasteiger partial charge in [0.25, 0.3) is 0 Å². The standard InChI is InChI=1S/C18H21N3O2S/c1-3-13(2)12-19-24(22,23)15-9-10-16-17(11-15)21-18(20-16)14-7-5-4-6-8-14/h4-11,13,19H,3,12H2,1-2H3,(H,20,21). The predicted octanol–water partition coefficient (Wildman–Crippen LogP) is 3.55. The van der Waals surface area contributed by atoms with Gasteiger partial charge in [0.05, 0.1) is 15.9 Å². The molecule has 0 saturated heterocycles. The molecule has 1 unspecified atom stereocenters. The van der Waals surface area contributed by atoms with E-state index in [0.717, 1.165) is 23.3 Å². The average molecular weight is 343 g/mol. The summed E-state index contributed by atoms with van der Waals surface area (Å²) in [4.78, 5) is 7.97. The van der Waals surface area contributed by atoms with Gasteiger partial charge in [-0.15, -0.1) is 0 Å². The van der Waals surface area contributed by atoms with Crippen molar-refractivity contribution in [1.82, 2.24) is 14.7 Å². The summed E-state index contributed by atoms with van der Waals surface area (Å²) >= 11 is 0. The summed E-state index contributed by atoms with van der Waals surface area (Å²) < 4.78 is 27.5. The maximum atomic E-state index is 12.4. The Hall–Kier alpha value is -2.18. The number of nitrogens with zero attached hydrogens (tertiary/aromatic N) is 1. The molecule has 0 saturated carbocycles. The van der Waals surface area contributed by atoms with Gasteiger partial charge in [0, 0.05) is 12.1 Å². The topological polar surface area (TPSA) is 74.8 Å². The molecule has 0 spiro atoms. The van der Waals surface area contributed by atoms with Crippen molar-refractivity contribution in [2.45, 2.75) is 25.2 Å². The lowest BCUT2D eigenvalue weighted by Crippen LogP contribution is -2.28. The third-order valence-corrected chi connectivity index (χ3v) is 5.55. The fraction of sp³-hybridized carbons (Fsp3) is 0.278. The van der Waals surface area contributed by atoms with E-state index in [1.165, 1.54) is 0 Å². The molecule has 0 bridgehead atoms. The van der Waals surface area contributed by atoms with E-state index in [2.05, 4.69) is 14.7 Å². The zero-order valence-corrected chi connectivity index (χ0v) is 14.6. The quantitative estimate of drug-likeness (QED) is 0.719. The van der Waals surface area contributed by atoms with E-state index in [1.807, 2.05) is 44.2 Å². The number of rotatable bonds is 6. The predicted molar refractivity (Wildman–Crippen MR) is 96.2 cm³/mol. The number of benzene rings is 2. The second-order valence-corrected chi connectivity index (χ2v) is 7.76. The van der Waals surface area contributed by atoms with Crippen LogP contribution in [0, 0.1) is 5.92 Å². The molecule has 6 heteroatoms. The first-order valence-corrected chi connectivity index (χ1v) is 9.53. The molecule has 5 nitrogen and oxygen atoms in total. The van der Waals surface area contributed by atoms with Crippen molar-refractivity contribution in [2.75, 3.05) is 6.54 Å². The molecule has 24 heavy (non-hydrogen) atoms. The number of aromatic amines is 1. The number of H-pyrrole nitrogens is 1. The average Bonchev–Trinajstić information content (AvgIpc) is 3.03. The molecule has 0 aliphatic carbocycles. The summed E-state index contributed by atoms with van der Waals surface area (Å²) in [6, 6.07) is 14.7. The lowest BCUT2D eigenvalue weighted by atomic mass is 10.1. The molecule has 1 atom stereocenters. The molecule has 1 aromatic heterocycles. The molecular weight excluding hydrogens is 322 g/mol. The van der Waals surface area contributed by atoms with Crippen LogP contribution in [-0.2, 0) is 10.0 Å². The van der Waals surface area contributed by atoms with Crippen LogP contribution in [0.3, 0.4) is 0 Å². The van der Waals surface area contributed by atoms with E-state index in [9.17, 15) is 8.42 Å². The van der Waals surface area contributed by atoms with Crippen molar-refractivity contribution in [3.05, 3.63) is 48.5 Å². The van der Waals surface area contributed by atoms with E-state index in [-0.39, 0.29) is 4.90 Å². The van der Waals surface area contributed by atoms with Gasteiger partial charge in [-0.05, 0) is 24.1 Å². The first-order chi connectivity index (χ1) is 11.5. The smallest absolute Gasteiger partial charge is 0.240 e. The number of aromatic nitrogens is 2. The molecular formula is C18H21N3O2S. The van der Waals surface area contributed by atoms with Gasteiger partial charge in [0.2, 0.25) is 10.0 Å². The first kappa shape index (κ1) is 16.7. The molecule has 2 N–H and O–H groups in total. The summed E-state index contributed by atoms with van der Waals surface area (Å²) in [6.45, 7) is 4.50. The molecule has 0 fully saturated rings. The Morgan fingerprint density at radius 3 is 2.62 bits per heavy atom. The minimum Gasteiger partial charge on any atom is -0.338 e. The first-order valence-electron chi connectivity index (χ1n) is 8.04. The summed E-state index contributed by atoms with van der Waals surface area (Å²) in [7, 11) is -3.51. The number of hydrogen-bond donors (Lipinski definition) is 2. The molecule has 3 rings (SSSR count). The van der Waals surface area contributed by atoms with Crippen LogP contribution in [0.4, 0.5) is 0 Å². The minimum atomic E-state index is -3.51. The maximum Gasteiger partial charge on any atom is 0.240 e. The molecule has 126 valence electrons. The number of hydrogen-bond acceptors (Lipinski definition) is 3. The summed E-state index contributed by atoms with van der Waals surface area (Å²) in [5.41, 5.74) is 2.42. The fourth-order valence-electron chi connectivity index (χ4n) is 2.37. The largest absolute Gasteiger partial charge is 0.338 e. The van der Waals surface area contributed by atoms with E-state index >= 15 is 0 Å². The molecule has 1 heterocycles. The molecule has 0 amide bonds. The highest BCUT2D eigenvalue weighted by molar-refractivity contribution is 7.89. The van der Waals surface area contributed by atoms with Crippen molar-refractivity contribution >= 4 is 21.1 Å². The van der Waals surface area contributed by atoms with Crippen molar-refractivity contribution in [3.8, 4) is 11.4 Å². The zero-order valence-electron chi connectivity index (χ0n) is 13.8. The Bertz CT molecular complexity index is 933. The Morgan fingerprint density at radius 2 is 1.92 bits per heavy atom. The Morgan fingerprint density at radius 1 is 1.17 bits per heavy atom. The minimum absolute atomic E-state index is 0.251. The van der Waals surface area contributed by atoms with Crippen LogP contribution >= 0.6 is 0 Å². The van der Waals surface area contributed by atoms with E-state index < -0.39 is 10.0 Å². The third-order valence-electron chi connectivity index (χ3n) is 4.13. The lowest BCUT2D eigenvalue weighted by Gasteiger charge is -2.10. The molecule has 0 aliphatic rings. The van der Waals surface area contributed by atoms with E-state index in [0.29, 0.717) is 18.0 Å². The molecule has 2 aromatic carbocycles. The van der Waals surface area contributed by atoms with Gasteiger partial charge < -0.3 is 4.98 Å². The van der Waals surface area contributed by atoms with E-state index in [1.54, 1.807) is 18.2 Å². The third kappa shape index (κ3) is 3.49. The number of nitrogens with one attached hydrogen (secondary N) is 2. The molecule has 0 radical (unpaired) electrons. The Kier molecular flexibility index (Phi) is 4.69. The van der Waals surface area contributed by atoms with Crippen LogP contribution in [0.2, 0.25) is 0 Å². The highest BCUT2D eigenvalue weighted by atomic mass is 32.2. The fourth-order valence-corrected chi connectivity index (χ4v) is 3.56. The summed E-state index contributed by atoms with van der Waals surface area (Å²) in [5, 5.41) is 0. The van der Waals surface area contributed by atoms with Crippen LogP contribution in [-0.4, -0.2) is 24.9 Å². The van der Waals surface area contributed by atoms with Crippen LogP contribution in [0.1, 0.15) is 20.3 Å². The van der Waals surface area contributed by atoms with Crippen molar-refractivity contribution in [3.63, 3.8) is 0 Å². The molecule has 3 aromatic rings. The van der Waals surface area contributed by atoms with Crippen molar-refractivity contribution in [2.24, 2.45) is 5.92 Å². The second-order valence-electron chi connectivity index (χ2n) is 6.00. The number of imidazole rings is 1. The summed E-state index contributed by atoms with van der Waals surface area (Å²) in [5.74, 6) is 1.04. The van der Waals surface area contributed by atoms with Crippen LogP contribution in [0.15, 0.2) is 53.4 Å². The van der Waals surface area contributed by atoms with Crippen LogP contribution in [0.25, 0.3) is 22.4 Å². The number of sulfonamides is 1.